The monoisotopic (exact) mass is 376 g/mol. The van der Waals surface area contributed by atoms with Gasteiger partial charge in [0, 0.05) is 0 Å². The number of esters is 1. The van der Waals surface area contributed by atoms with Crippen LogP contribution in [0.3, 0.4) is 0 Å². The molecule has 0 unspecified atom stereocenters. The Kier molecular flexibility index (Phi) is 6.19. The molecule has 10 heteroatoms. The first kappa shape index (κ1) is 20.9. The highest BCUT2D eigenvalue weighted by atomic mass is 19.4. The van der Waals surface area contributed by atoms with E-state index in [1.165, 1.54) is 30.3 Å². The van der Waals surface area contributed by atoms with Crippen molar-refractivity contribution in [1.82, 2.24) is 0 Å². The zero-order valence-corrected chi connectivity index (χ0v) is 12.4. The van der Waals surface area contributed by atoms with Crippen molar-refractivity contribution >= 4 is 12.0 Å². The van der Waals surface area contributed by atoms with E-state index < -0.39 is 43.2 Å². The minimum atomic E-state index is -6.40. The number of halogens is 8. The number of hydrogen-bond donors (Lipinski definition) is 0. The maximum Gasteiger partial charge on any atom is 0.381 e. The molecule has 0 aliphatic heterocycles. The van der Waals surface area contributed by atoms with E-state index in [4.69, 9.17) is 0 Å². The number of rotatable bonds is 8. The number of carbonyl (C=O) groups excluding carboxylic acids is 1. The van der Waals surface area contributed by atoms with Crippen LogP contribution in [0.15, 0.2) is 30.8 Å². The molecule has 1 aromatic rings. The van der Waals surface area contributed by atoms with Crippen molar-refractivity contribution in [3.8, 4) is 0 Å². The van der Waals surface area contributed by atoms with Crippen LogP contribution in [0.5, 0.6) is 0 Å². The van der Waals surface area contributed by atoms with Crippen molar-refractivity contribution in [2.45, 2.75) is 30.6 Å². The van der Waals surface area contributed by atoms with Gasteiger partial charge in [-0.1, -0.05) is 36.9 Å². The van der Waals surface area contributed by atoms with E-state index in [0.29, 0.717) is 5.56 Å². The summed E-state index contributed by atoms with van der Waals surface area (Å²) in [4.78, 5) is 11.4. The molecule has 0 amide bonds. The van der Waals surface area contributed by atoms with Crippen molar-refractivity contribution in [3.63, 3.8) is 0 Å². The lowest BCUT2D eigenvalue weighted by atomic mass is 10.1. The molecule has 0 N–H and O–H groups in total. The number of carbonyl (C=O) groups is 1. The fraction of sp³-hybridized carbons (Fsp3) is 0.400. The van der Waals surface area contributed by atoms with Crippen molar-refractivity contribution in [2.75, 3.05) is 6.61 Å². The molecule has 0 bridgehead atoms. The van der Waals surface area contributed by atoms with Crippen LogP contribution in [0, 0.1) is 0 Å². The molecule has 0 saturated carbocycles. The third kappa shape index (κ3) is 4.49. The molecule has 0 aromatic heterocycles. The zero-order valence-electron chi connectivity index (χ0n) is 12.4. The predicted molar refractivity (Wildman–Crippen MR) is 72.0 cm³/mol. The lowest BCUT2D eigenvalue weighted by molar-refractivity contribution is -0.344. The molecule has 0 heterocycles. The molecular weight excluding hydrogens is 364 g/mol. The maximum atomic E-state index is 13.2. The molecule has 2 nitrogen and oxygen atoms in total. The Morgan fingerprint density at radius 1 is 1.08 bits per heavy atom. The molecule has 140 valence electrons. The molecule has 0 saturated heterocycles. The van der Waals surface area contributed by atoms with Crippen LogP contribution in [0.25, 0.3) is 6.08 Å². The first-order valence-electron chi connectivity index (χ1n) is 6.63. The Hall–Kier alpha value is -2.13. The molecular formula is C15H12F8O2. The Balaban J connectivity index is 2.73. The zero-order chi connectivity index (χ0) is 19.5. The van der Waals surface area contributed by atoms with Gasteiger partial charge in [-0.05, 0) is 11.1 Å². The summed E-state index contributed by atoms with van der Waals surface area (Å²) < 4.78 is 105. The second-order valence-corrected chi connectivity index (χ2v) is 4.99. The van der Waals surface area contributed by atoms with Gasteiger partial charge in [0.2, 0.25) is 0 Å². The lowest BCUT2D eigenvalue weighted by Crippen LogP contribution is -2.59. The van der Waals surface area contributed by atoms with Crippen LogP contribution in [0.2, 0.25) is 0 Å². The van der Waals surface area contributed by atoms with Crippen molar-refractivity contribution in [2.24, 2.45) is 0 Å². The lowest BCUT2D eigenvalue weighted by Gasteiger charge is -2.31. The number of benzene rings is 1. The molecule has 25 heavy (non-hydrogen) atoms. The first-order chi connectivity index (χ1) is 11.3. The smallest absolute Gasteiger partial charge is 0.381 e. The van der Waals surface area contributed by atoms with Crippen molar-refractivity contribution in [3.05, 3.63) is 42.0 Å². The van der Waals surface area contributed by atoms with Gasteiger partial charge in [-0.3, -0.25) is 4.79 Å². The predicted octanol–water partition coefficient (Wildman–Crippen LogP) is 4.59. The van der Waals surface area contributed by atoms with Gasteiger partial charge >= 0.3 is 30.2 Å². The van der Waals surface area contributed by atoms with Gasteiger partial charge in [0.1, 0.15) is 0 Å². The Morgan fingerprint density at radius 3 is 2.04 bits per heavy atom. The van der Waals surface area contributed by atoms with Gasteiger partial charge < -0.3 is 4.74 Å². The molecule has 0 atom stereocenters. The average molecular weight is 376 g/mol. The molecule has 1 rings (SSSR count). The average Bonchev–Trinajstić information content (AvgIpc) is 2.53. The molecule has 0 spiro atoms. The minimum absolute atomic E-state index is 0.267. The van der Waals surface area contributed by atoms with E-state index in [1.807, 2.05) is 0 Å². The van der Waals surface area contributed by atoms with Gasteiger partial charge in [0.25, 0.3) is 0 Å². The summed E-state index contributed by atoms with van der Waals surface area (Å²) in [7, 11) is 0. The third-order valence-electron chi connectivity index (χ3n) is 3.13. The Labute approximate surface area is 137 Å². The molecule has 0 radical (unpaired) electrons. The summed E-state index contributed by atoms with van der Waals surface area (Å²) in [5.41, 5.74) is 0.945. The SMILES string of the molecule is C=Cc1ccc(CC(=O)OCC(F)(F)C(F)(F)C(F)(F)C(F)F)cc1. The molecule has 0 aliphatic rings. The van der Waals surface area contributed by atoms with Gasteiger partial charge in [-0.2, -0.15) is 26.3 Å². The van der Waals surface area contributed by atoms with E-state index in [1.54, 1.807) is 0 Å². The van der Waals surface area contributed by atoms with E-state index in [9.17, 15) is 39.9 Å². The molecule has 0 fully saturated rings. The van der Waals surface area contributed by atoms with Gasteiger partial charge in [0.05, 0.1) is 6.42 Å². The second kappa shape index (κ2) is 7.40. The molecule has 1 aromatic carbocycles. The highest BCUT2D eigenvalue weighted by Gasteiger charge is 2.75. The largest absolute Gasteiger partial charge is 0.459 e. The molecule has 0 aliphatic carbocycles. The van der Waals surface area contributed by atoms with Crippen LogP contribution in [0.4, 0.5) is 35.1 Å². The summed E-state index contributed by atoms with van der Waals surface area (Å²) in [5.74, 6) is -19.8. The van der Waals surface area contributed by atoms with E-state index in [0.717, 1.165) is 0 Å². The Morgan fingerprint density at radius 2 is 1.60 bits per heavy atom. The maximum absolute atomic E-state index is 13.2. The Bertz CT molecular complexity index is 610. The fourth-order valence-electron chi connectivity index (χ4n) is 1.63. The minimum Gasteiger partial charge on any atom is -0.459 e. The van der Waals surface area contributed by atoms with Gasteiger partial charge in [-0.15, -0.1) is 0 Å². The third-order valence-corrected chi connectivity index (χ3v) is 3.13. The van der Waals surface area contributed by atoms with Crippen LogP contribution in [0.1, 0.15) is 11.1 Å². The van der Waals surface area contributed by atoms with Crippen LogP contribution < -0.4 is 0 Å². The van der Waals surface area contributed by atoms with Gasteiger partial charge in [0.15, 0.2) is 6.61 Å². The quantitative estimate of drug-likeness (QED) is 0.490. The summed E-state index contributed by atoms with van der Waals surface area (Å²) in [6.07, 6.45) is -4.15. The van der Waals surface area contributed by atoms with Crippen LogP contribution in [-0.4, -0.2) is 36.8 Å². The van der Waals surface area contributed by atoms with Crippen LogP contribution >= 0.6 is 0 Å². The van der Waals surface area contributed by atoms with Crippen molar-refractivity contribution < 1.29 is 44.7 Å². The van der Waals surface area contributed by atoms with Gasteiger partial charge in [-0.25, -0.2) is 8.78 Å². The van der Waals surface area contributed by atoms with E-state index >= 15 is 0 Å². The van der Waals surface area contributed by atoms with E-state index in [2.05, 4.69) is 11.3 Å². The summed E-state index contributed by atoms with van der Waals surface area (Å²) >= 11 is 0. The summed E-state index contributed by atoms with van der Waals surface area (Å²) in [6.45, 7) is 1.01. The van der Waals surface area contributed by atoms with Crippen molar-refractivity contribution in [1.29, 1.82) is 0 Å². The highest BCUT2D eigenvalue weighted by Crippen LogP contribution is 2.48. The standard InChI is InChI=1S/C15H12F8O2/c1-2-9-3-5-10(6-4-9)7-11(24)25-8-13(18,19)15(22,23)14(20,21)12(16)17/h2-6,12H,1,7-8H2. The van der Waals surface area contributed by atoms with E-state index in [-0.39, 0.29) is 5.56 Å². The fourth-order valence-corrected chi connectivity index (χ4v) is 1.63. The summed E-state index contributed by atoms with van der Waals surface area (Å²) in [6, 6.07) is 5.83. The van der Waals surface area contributed by atoms with Crippen LogP contribution in [-0.2, 0) is 16.0 Å². The normalized spacial score (nSPS) is 13.0. The number of hydrogen-bond acceptors (Lipinski definition) is 2. The topological polar surface area (TPSA) is 26.3 Å². The second-order valence-electron chi connectivity index (χ2n) is 4.99. The number of ether oxygens (including phenoxy) is 1. The summed E-state index contributed by atoms with van der Waals surface area (Å²) in [5, 5.41) is 0. The highest BCUT2D eigenvalue weighted by molar-refractivity contribution is 5.72. The first-order valence-corrected chi connectivity index (χ1v) is 6.63. The number of alkyl halides is 8.